The summed E-state index contributed by atoms with van der Waals surface area (Å²) in [7, 11) is 0. The first kappa shape index (κ1) is 15.7. The van der Waals surface area contributed by atoms with Crippen molar-refractivity contribution in [2.24, 2.45) is 5.73 Å². The lowest BCUT2D eigenvalue weighted by atomic mass is 9.94. The van der Waals surface area contributed by atoms with E-state index in [1.807, 2.05) is 12.1 Å². The van der Waals surface area contributed by atoms with Crippen molar-refractivity contribution < 1.29 is 9.59 Å². The molecule has 1 aliphatic carbocycles. The van der Waals surface area contributed by atoms with Crippen LogP contribution in [0.15, 0.2) is 24.5 Å². The number of nitrogens with one attached hydrogen (secondary N) is 1. The molecule has 0 saturated heterocycles. The fourth-order valence-electron chi connectivity index (χ4n) is 2.94. The van der Waals surface area contributed by atoms with E-state index in [4.69, 9.17) is 5.73 Å². The lowest BCUT2D eigenvalue weighted by Crippen LogP contribution is -2.28. The first-order valence-corrected chi connectivity index (χ1v) is 8.60. The van der Waals surface area contributed by atoms with Gasteiger partial charge in [-0.05, 0) is 55.4 Å². The molecule has 0 aromatic carbocycles. The van der Waals surface area contributed by atoms with Crippen molar-refractivity contribution in [1.82, 2.24) is 10.3 Å². The summed E-state index contributed by atoms with van der Waals surface area (Å²) in [4.78, 5) is 29.8. The lowest BCUT2D eigenvalue weighted by Gasteiger charge is -2.13. The first-order chi connectivity index (χ1) is 11.2. The first-order valence-electron chi connectivity index (χ1n) is 7.78. The highest BCUT2D eigenvalue weighted by Gasteiger charge is 2.27. The fourth-order valence-corrected chi connectivity index (χ4v) is 4.18. The monoisotopic (exact) mass is 329 g/mol. The Morgan fingerprint density at radius 2 is 1.96 bits per heavy atom. The number of hydrogen-bond acceptors (Lipinski definition) is 4. The number of nitrogens with two attached hydrogens (primary N) is 1. The number of pyridine rings is 1. The molecule has 6 heteroatoms. The molecule has 2 aromatic rings. The Bertz CT molecular complexity index is 725. The summed E-state index contributed by atoms with van der Waals surface area (Å²) < 4.78 is 0. The number of amides is 2. The van der Waals surface area contributed by atoms with Gasteiger partial charge in [0, 0.05) is 23.8 Å². The largest absolute Gasteiger partial charge is 0.365 e. The molecular formula is C17H19N3O2S. The highest BCUT2D eigenvalue weighted by Crippen LogP contribution is 2.34. The van der Waals surface area contributed by atoms with Crippen LogP contribution in [0.1, 0.15) is 48.9 Å². The van der Waals surface area contributed by atoms with Crippen LogP contribution in [0.3, 0.4) is 0 Å². The summed E-state index contributed by atoms with van der Waals surface area (Å²) in [5.41, 5.74) is 8.11. The molecular weight excluding hydrogens is 310 g/mol. The van der Waals surface area contributed by atoms with Gasteiger partial charge in [0.05, 0.1) is 5.56 Å². The average Bonchev–Trinajstić information content (AvgIpc) is 2.95. The van der Waals surface area contributed by atoms with Crippen molar-refractivity contribution in [3.8, 4) is 0 Å². The molecule has 0 atom stereocenters. The van der Waals surface area contributed by atoms with Crippen LogP contribution in [0.25, 0.3) is 0 Å². The van der Waals surface area contributed by atoms with E-state index in [9.17, 15) is 9.59 Å². The van der Waals surface area contributed by atoms with Gasteiger partial charge in [-0.3, -0.25) is 14.6 Å². The van der Waals surface area contributed by atoms with Crippen molar-refractivity contribution in [2.75, 3.05) is 6.54 Å². The second-order valence-electron chi connectivity index (χ2n) is 5.64. The van der Waals surface area contributed by atoms with Crippen molar-refractivity contribution in [1.29, 1.82) is 0 Å². The quantitative estimate of drug-likeness (QED) is 0.881. The molecule has 2 amide bonds. The lowest BCUT2D eigenvalue weighted by molar-refractivity contribution is 0.0937. The molecule has 2 aromatic heterocycles. The topological polar surface area (TPSA) is 85.1 Å². The molecule has 0 spiro atoms. The summed E-state index contributed by atoms with van der Waals surface area (Å²) >= 11 is 1.38. The van der Waals surface area contributed by atoms with Crippen LogP contribution in [-0.2, 0) is 19.3 Å². The van der Waals surface area contributed by atoms with Gasteiger partial charge in [0.25, 0.3) is 11.8 Å². The second-order valence-corrected chi connectivity index (χ2v) is 6.75. The van der Waals surface area contributed by atoms with Gasteiger partial charge in [-0.2, -0.15) is 0 Å². The Kier molecular flexibility index (Phi) is 4.71. The molecule has 0 radical (unpaired) electrons. The van der Waals surface area contributed by atoms with Crippen molar-refractivity contribution >= 4 is 23.2 Å². The molecule has 0 saturated carbocycles. The summed E-state index contributed by atoms with van der Waals surface area (Å²) in [5.74, 6) is -0.698. The zero-order valence-corrected chi connectivity index (χ0v) is 13.6. The average molecular weight is 329 g/mol. The third-order valence-corrected chi connectivity index (χ3v) is 5.38. The molecule has 0 fully saturated rings. The Morgan fingerprint density at radius 3 is 2.70 bits per heavy atom. The standard InChI is InChI=1S/C17H19N3O2S/c18-16(21)15-14(12-3-1-2-4-13(12)23-15)17(22)20-10-7-11-5-8-19-9-6-11/h5-6,8-9H,1-4,7,10H2,(H2,18,21)(H,20,22). The third-order valence-electron chi connectivity index (χ3n) is 4.07. The third kappa shape index (κ3) is 3.42. The number of primary amides is 1. The minimum atomic E-state index is -0.510. The van der Waals surface area contributed by atoms with Gasteiger partial charge in [0.15, 0.2) is 0 Å². The molecule has 3 rings (SSSR count). The number of carbonyl (C=O) groups is 2. The number of fused-ring (bicyclic) bond motifs is 1. The number of nitrogens with zero attached hydrogens (tertiary/aromatic N) is 1. The summed E-state index contributed by atoms with van der Waals surface area (Å²) in [6, 6.07) is 3.85. The van der Waals surface area contributed by atoms with Gasteiger partial charge in [0.2, 0.25) is 0 Å². The number of aromatic nitrogens is 1. The molecule has 0 bridgehead atoms. The van der Waals surface area contributed by atoms with Crippen LogP contribution in [0.4, 0.5) is 0 Å². The molecule has 120 valence electrons. The van der Waals surface area contributed by atoms with Gasteiger partial charge in [-0.1, -0.05) is 0 Å². The molecule has 0 aliphatic heterocycles. The molecule has 23 heavy (non-hydrogen) atoms. The zero-order chi connectivity index (χ0) is 16.2. The number of hydrogen-bond donors (Lipinski definition) is 2. The van der Waals surface area contributed by atoms with Crippen LogP contribution >= 0.6 is 11.3 Å². The van der Waals surface area contributed by atoms with E-state index >= 15 is 0 Å². The molecule has 2 heterocycles. The van der Waals surface area contributed by atoms with Crippen LogP contribution in [0.5, 0.6) is 0 Å². The van der Waals surface area contributed by atoms with Gasteiger partial charge in [-0.25, -0.2) is 0 Å². The predicted molar refractivity (Wildman–Crippen MR) is 89.8 cm³/mol. The summed E-state index contributed by atoms with van der Waals surface area (Å²) in [5, 5.41) is 2.92. The molecule has 3 N–H and O–H groups in total. The fraction of sp³-hybridized carbons (Fsp3) is 0.353. The van der Waals surface area contributed by atoms with Gasteiger partial charge < -0.3 is 11.1 Å². The highest BCUT2D eigenvalue weighted by molar-refractivity contribution is 7.14. The smallest absolute Gasteiger partial charge is 0.259 e. The molecule has 5 nitrogen and oxygen atoms in total. The number of carbonyl (C=O) groups excluding carboxylic acids is 2. The van der Waals surface area contributed by atoms with E-state index in [-0.39, 0.29) is 5.91 Å². The molecule has 0 unspecified atom stereocenters. The zero-order valence-electron chi connectivity index (χ0n) is 12.8. The van der Waals surface area contributed by atoms with Gasteiger partial charge in [-0.15, -0.1) is 11.3 Å². The maximum Gasteiger partial charge on any atom is 0.259 e. The van der Waals surface area contributed by atoms with Gasteiger partial charge in [0.1, 0.15) is 4.88 Å². The van der Waals surface area contributed by atoms with Crippen LogP contribution in [-0.4, -0.2) is 23.3 Å². The SMILES string of the molecule is NC(=O)c1sc2c(c1C(=O)NCCc1ccncc1)CCCC2. The van der Waals surface area contributed by atoms with E-state index in [2.05, 4.69) is 10.3 Å². The number of aryl methyl sites for hydroxylation is 1. The minimum absolute atomic E-state index is 0.188. The van der Waals surface area contributed by atoms with Crippen LogP contribution < -0.4 is 11.1 Å². The Labute approximate surface area is 138 Å². The van der Waals surface area contributed by atoms with E-state index in [0.717, 1.165) is 48.1 Å². The Morgan fingerprint density at radius 1 is 1.22 bits per heavy atom. The Balaban J connectivity index is 1.74. The number of thiophene rings is 1. The van der Waals surface area contributed by atoms with Gasteiger partial charge >= 0.3 is 0 Å². The van der Waals surface area contributed by atoms with E-state index < -0.39 is 5.91 Å². The van der Waals surface area contributed by atoms with Crippen LogP contribution in [0.2, 0.25) is 0 Å². The summed E-state index contributed by atoms with van der Waals surface area (Å²) in [6.07, 6.45) is 8.15. The van der Waals surface area contributed by atoms with Crippen LogP contribution in [0, 0.1) is 0 Å². The number of rotatable bonds is 5. The van der Waals surface area contributed by atoms with Crippen molar-refractivity contribution in [3.05, 3.63) is 51.0 Å². The van der Waals surface area contributed by atoms with E-state index in [1.54, 1.807) is 12.4 Å². The van der Waals surface area contributed by atoms with E-state index in [0.29, 0.717) is 17.0 Å². The Hall–Kier alpha value is -2.21. The normalized spacial score (nSPS) is 13.4. The van der Waals surface area contributed by atoms with E-state index in [1.165, 1.54) is 11.3 Å². The maximum absolute atomic E-state index is 12.6. The molecule has 1 aliphatic rings. The van der Waals surface area contributed by atoms with Crippen molar-refractivity contribution in [2.45, 2.75) is 32.1 Å². The highest BCUT2D eigenvalue weighted by atomic mass is 32.1. The second kappa shape index (κ2) is 6.91. The predicted octanol–water partition coefficient (Wildman–Crippen LogP) is 2.09. The maximum atomic E-state index is 12.6. The summed E-state index contributed by atoms with van der Waals surface area (Å²) in [6.45, 7) is 0.520. The minimum Gasteiger partial charge on any atom is -0.365 e. The van der Waals surface area contributed by atoms with Crippen molar-refractivity contribution in [3.63, 3.8) is 0 Å².